The van der Waals surface area contributed by atoms with Crippen LogP contribution in [0.25, 0.3) is 0 Å². The third kappa shape index (κ3) is 11.0. The van der Waals surface area contributed by atoms with E-state index in [4.69, 9.17) is 41.9 Å². The average Bonchev–Trinajstić information content (AvgIpc) is 2.87. The average molecular weight is 562 g/mol. The Labute approximate surface area is 224 Å². The fourth-order valence-electron chi connectivity index (χ4n) is 4.22. The molecule has 14 nitrogen and oxygen atoms in total. The summed E-state index contributed by atoms with van der Waals surface area (Å²) >= 11 is 0. The number of rotatable bonds is 12. The molecule has 0 spiro atoms. The Bertz CT molecular complexity index is 619. The molecule has 0 aromatic rings. The van der Waals surface area contributed by atoms with E-state index < -0.39 is 61.9 Å². The number of methoxy groups -OCH3 is 1. The van der Waals surface area contributed by atoms with E-state index in [9.17, 15) is 25.5 Å². The Kier molecular flexibility index (Phi) is 18.8. The number of nitrogens with zero attached hydrogens (tertiary/aromatic N) is 1. The molecule has 0 aromatic heterocycles. The number of halogens is 1. The van der Waals surface area contributed by atoms with E-state index in [-0.39, 0.29) is 30.9 Å². The predicted octanol–water partition coefficient (Wildman–Crippen LogP) is -2.91. The molecule has 0 saturated carbocycles. The van der Waals surface area contributed by atoms with Crippen molar-refractivity contribution >= 4 is 18.4 Å². The fraction of sp³-hybridized carbons (Fsp3) is 0.955. The zero-order valence-corrected chi connectivity index (χ0v) is 22.5. The van der Waals surface area contributed by atoms with Crippen LogP contribution in [-0.4, -0.2) is 120 Å². The third-order valence-electron chi connectivity index (χ3n) is 6.34. The van der Waals surface area contributed by atoms with E-state index in [0.717, 1.165) is 32.4 Å². The van der Waals surface area contributed by atoms with Gasteiger partial charge in [0.05, 0.1) is 31.5 Å². The van der Waals surface area contributed by atoms with Gasteiger partial charge in [-0.05, 0) is 25.8 Å². The molecule has 0 radical (unpaired) electrons. The Hall–Kier alpha value is -0.880. The Balaban J connectivity index is 0.000000918. The number of aliphatic imine (C=N–C) groups is 1. The van der Waals surface area contributed by atoms with Gasteiger partial charge in [0.15, 0.2) is 18.5 Å². The van der Waals surface area contributed by atoms with Crippen molar-refractivity contribution in [2.24, 2.45) is 33.8 Å². The van der Waals surface area contributed by atoms with Gasteiger partial charge in [0.25, 0.3) is 0 Å². The maximum Gasteiger partial charge on any atom is 0.186 e. The van der Waals surface area contributed by atoms with Gasteiger partial charge in [-0.1, -0.05) is 19.8 Å². The second-order valence-electron chi connectivity index (χ2n) is 8.92. The largest absolute Gasteiger partial charge is 0.394 e. The number of hydrogen-bond donors (Lipinski definition) is 9. The fourth-order valence-corrected chi connectivity index (χ4v) is 4.22. The van der Waals surface area contributed by atoms with E-state index in [1.807, 2.05) is 6.92 Å². The van der Waals surface area contributed by atoms with Crippen LogP contribution in [0.15, 0.2) is 4.99 Å². The maximum atomic E-state index is 10.4. The molecule has 10 atom stereocenters. The lowest BCUT2D eigenvalue weighted by Crippen LogP contribution is -2.65. The van der Waals surface area contributed by atoms with Crippen molar-refractivity contribution in [1.82, 2.24) is 0 Å². The highest BCUT2D eigenvalue weighted by molar-refractivity contribution is 5.85. The topological polar surface area (TPSA) is 255 Å². The predicted molar refractivity (Wildman–Crippen MR) is 139 cm³/mol. The molecule has 37 heavy (non-hydrogen) atoms. The number of ether oxygens (including phenoxy) is 4. The monoisotopic (exact) mass is 561 g/mol. The summed E-state index contributed by atoms with van der Waals surface area (Å²) in [6.45, 7) is 2.54. The van der Waals surface area contributed by atoms with Crippen LogP contribution in [0.1, 0.15) is 39.0 Å². The Morgan fingerprint density at radius 3 is 2.00 bits per heavy atom. The van der Waals surface area contributed by atoms with Crippen LogP contribution in [0.2, 0.25) is 0 Å². The molecule has 0 aliphatic carbocycles. The Morgan fingerprint density at radius 2 is 1.49 bits per heavy atom. The minimum Gasteiger partial charge on any atom is -0.394 e. The number of aliphatic hydroxyl groups is 5. The van der Waals surface area contributed by atoms with Crippen molar-refractivity contribution in [3.63, 3.8) is 0 Å². The molecule has 15 heteroatoms. The lowest BCUT2D eigenvalue weighted by molar-refractivity contribution is -0.340. The van der Waals surface area contributed by atoms with E-state index in [1.54, 1.807) is 0 Å². The van der Waals surface area contributed by atoms with Gasteiger partial charge in [-0.3, -0.25) is 4.99 Å². The molecule has 2 aliphatic heterocycles. The van der Waals surface area contributed by atoms with Crippen molar-refractivity contribution in [3.8, 4) is 0 Å². The summed E-state index contributed by atoms with van der Waals surface area (Å²) in [5, 5.41) is 49.6. The summed E-state index contributed by atoms with van der Waals surface area (Å²) in [5.41, 5.74) is 21.6. The molecule has 0 aromatic carbocycles. The van der Waals surface area contributed by atoms with Gasteiger partial charge in [-0.15, -0.1) is 12.4 Å². The van der Waals surface area contributed by atoms with Crippen LogP contribution in [-0.2, 0) is 18.9 Å². The minimum atomic E-state index is -1.43. The van der Waals surface area contributed by atoms with Gasteiger partial charge >= 0.3 is 0 Å². The Morgan fingerprint density at radius 1 is 0.892 bits per heavy atom. The van der Waals surface area contributed by atoms with Crippen molar-refractivity contribution in [2.75, 3.05) is 33.4 Å². The van der Waals surface area contributed by atoms with Crippen molar-refractivity contribution in [1.29, 1.82) is 0 Å². The summed E-state index contributed by atoms with van der Waals surface area (Å²) in [5.74, 6) is -0.173. The molecule has 222 valence electrons. The summed E-state index contributed by atoms with van der Waals surface area (Å²) in [6, 6.07) is -0.934. The van der Waals surface area contributed by atoms with Gasteiger partial charge < -0.3 is 67.4 Å². The van der Waals surface area contributed by atoms with Crippen LogP contribution >= 0.6 is 12.4 Å². The molecule has 2 heterocycles. The maximum absolute atomic E-state index is 10.4. The molecule has 2 rings (SSSR count). The van der Waals surface area contributed by atoms with Crippen LogP contribution in [0.3, 0.4) is 0 Å². The quantitative estimate of drug-likeness (QED) is 0.0658. The van der Waals surface area contributed by atoms with Crippen molar-refractivity contribution < 1.29 is 44.5 Å². The second kappa shape index (κ2) is 19.2. The lowest BCUT2D eigenvalue weighted by atomic mass is 9.86. The first-order valence-corrected chi connectivity index (χ1v) is 12.4. The van der Waals surface area contributed by atoms with E-state index in [1.165, 1.54) is 13.5 Å². The molecule has 4 unspecified atom stereocenters. The molecular weight excluding hydrogens is 514 g/mol. The molecule has 13 N–H and O–H groups in total. The highest BCUT2D eigenvalue weighted by Crippen LogP contribution is 2.31. The van der Waals surface area contributed by atoms with Gasteiger partial charge in [0.1, 0.15) is 24.4 Å². The van der Waals surface area contributed by atoms with Crippen LogP contribution in [0, 0.1) is 5.92 Å². The summed E-state index contributed by atoms with van der Waals surface area (Å²) in [4.78, 5) is 3.86. The number of nitrogens with two attached hydrogens (primary N) is 4. The molecule has 0 bridgehead atoms. The van der Waals surface area contributed by atoms with Crippen LogP contribution < -0.4 is 22.9 Å². The first kappa shape index (κ1) is 36.1. The van der Waals surface area contributed by atoms with Crippen molar-refractivity contribution in [2.45, 2.75) is 94.3 Å². The van der Waals surface area contributed by atoms with Crippen LogP contribution in [0.4, 0.5) is 0 Å². The smallest absolute Gasteiger partial charge is 0.186 e. The van der Waals surface area contributed by atoms with Crippen LogP contribution in [0.5, 0.6) is 0 Å². The summed E-state index contributed by atoms with van der Waals surface area (Å²) in [6.07, 6.45) is -3.88. The van der Waals surface area contributed by atoms with E-state index >= 15 is 0 Å². The minimum absolute atomic E-state index is 0. The number of aliphatic hydroxyl groups excluding tert-OH is 5. The summed E-state index contributed by atoms with van der Waals surface area (Å²) < 4.78 is 21.6. The molecule has 0 amide bonds. The number of guanidine groups is 1. The first-order chi connectivity index (χ1) is 17.2. The lowest BCUT2D eigenvalue weighted by Gasteiger charge is -2.47. The zero-order valence-electron chi connectivity index (χ0n) is 21.7. The van der Waals surface area contributed by atoms with E-state index in [0.29, 0.717) is 6.42 Å². The standard InChI is InChI=1S/C15H29NO9.C7H18N4.ClH/c1-3-6-7(4-17)23-14(9(16)10(6)19)25-13-8(5-18)24-15(22-2)12(21)11(13)20;8-5-3-1-2-4-6-11-7(9)10;/h6-15,17-21H,3-5,16H2,1-2H3;1-6,8H2,(H4,9,10,11);1H/t6-,7?,8-,9?,10+,11?,12?,13-,14+,15-;;/m0../s1. The number of hydrogen-bond acceptors (Lipinski definition) is 12. The zero-order chi connectivity index (χ0) is 27.3. The highest BCUT2D eigenvalue weighted by atomic mass is 35.5. The van der Waals surface area contributed by atoms with Gasteiger partial charge in [-0.25, -0.2) is 0 Å². The SMILES string of the molecule is CC[C@H]1C(CO)O[C@H](O[C@@H]2C(O)C(O)[C@@H](OC)O[C@H]2CO)C(N)[C@@H]1O.Cl.NCCCCCCN=C(N)N. The molecular formula is C22H48ClN5O9. The molecule has 2 saturated heterocycles. The first-order valence-electron chi connectivity index (χ1n) is 12.4. The third-order valence-corrected chi connectivity index (χ3v) is 6.34. The summed E-state index contributed by atoms with van der Waals surface area (Å²) in [7, 11) is 1.30. The highest BCUT2D eigenvalue weighted by Gasteiger charge is 2.49. The number of unbranched alkanes of at least 4 members (excludes halogenated alkanes) is 3. The van der Waals surface area contributed by atoms with Gasteiger partial charge in [0.2, 0.25) is 0 Å². The molecule has 2 fully saturated rings. The molecule has 2 aliphatic rings. The van der Waals surface area contributed by atoms with E-state index in [2.05, 4.69) is 4.99 Å². The van der Waals surface area contributed by atoms with Gasteiger partial charge in [0, 0.05) is 19.6 Å². The normalized spacial score (nSPS) is 35.6. The van der Waals surface area contributed by atoms with Gasteiger partial charge in [-0.2, -0.15) is 0 Å². The van der Waals surface area contributed by atoms with Crippen molar-refractivity contribution in [3.05, 3.63) is 0 Å². The second-order valence-corrected chi connectivity index (χ2v) is 8.92.